The molecule has 0 spiro atoms. The molecule has 0 radical (unpaired) electrons. The Morgan fingerprint density at radius 1 is 1.11 bits per heavy atom. The first-order valence-corrected chi connectivity index (χ1v) is 10.9. The second kappa shape index (κ2) is 9.32. The van der Waals surface area contributed by atoms with Crippen LogP contribution in [-0.4, -0.2) is 60.3 Å². The van der Waals surface area contributed by atoms with Crippen LogP contribution >= 0.6 is 0 Å². The lowest BCUT2D eigenvalue weighted by atomic mass is 10.0. The van der Waals surface area contributed by atoms with Crippen LogP contribution < -0.4 is 0 Å². The van der Waals surface area contributed by atoms with Gasteiger partial charge in [-0.2, -0.15) is 4.31 Å². The van der Waals surface area contributed by atoms with Crippen molar-refractivity contribution >= 4 is 21.9 Å². The van der Waals surface area contributed by atoms with Crippen molar-refractivity contribution in [3.63, 3.8) is 0 Å². The molecule has 1 atom stereocenters. The molecule has 1 aliphatic rings. The molecule has 8 heteroatoms. The number of carbonyl (C=O) groups excluding carboxylic acids is 1. The van der Waals surface area contributed by atoms with E-state index in [1.165, 1.54) is 33.5 Å². The lowest BCUT2D eigenvalue weighted by Gasteiger charge is -2.33. The fraction of sp³-hybridized carbons (Fsp3) is 0.579. The quantitative estimate of drug-likeness (QED) is 0.729. The maximum Gasteiger partial charge on any atom is 0.326 e. The van der Waals surface area contributed by atoms with Gasteiger partial charge in [0.2, 0.25) is 10.0 Å². The molecule has 0 bridgehead atoms. The largest absolute Gasteiger partial charge is 0.480 e. The number of likely N-dealkylation sites (tertiary alicyclic amines) is 1. The molecule has 1 aromatic carbocycles. The van der Waals surface area contributed by atoms with Crippen LogP contribution in [0.15, 0.2) is 29.2 Å². The van der Waals surface area contributed by atoms with Gasteiger partial charge >= 0.3 is 5.97 Å². The van der Waals surface area contributed by atoms with Crippen LogP contribution in [0.25, 0.3) is 0 Å². The number of carbonyl (C=O) groups is 2. The first-order valence-electron chi connectivity index (χ1n) is 9.46. The van der Waals surface area contributed by atoms with Crippen LogP contribution in [0.4, 0.5) is 0 Å². The Kier molecular flexibility index (Phi) is 7.38. The van der Waals surface area contributed by atoms with Crippen LogP contribution in [0.2, 0.25) is 0 Å². The maximum atomic E-state index is 12.8. The van der Waals surface area contributed by atoms with Gasteiger partial charge in [-0.15, -0.1) is 0 Å². The lowest BCUT2D eigenvalue weighted by molar-refractivity contribution is -0.143. The van der Waals surface area contributed by atoms with Crippen LogP contribution in [0.5, 0.6) is 0 Å². The summed E-state index contributed by atoms with van der Waals surface area (Å²) in [6, 6.07) is 4.98. The number of hydrogen-bond acceptors (Lipinski definition) is 4. The Morgan fingerprint density at radius 3 is 2.22 bits per heavy atom. The zero-order valence-electron chi connectivity index (χ0n) is 15.9. The molecule has 1 heterocycles. The van der Waals surface area contributed by atoms with Crippen molar-refractivity contribution in [2.24, 2.45) is 0 Å². The van der Waals surface area contributed by atoms with Crippen molar-refractivity contribution in [1.82, 2.24) is 9.21 Å². The minimum absolute atomic E-state index is 0.148. The van der Waals surface area contributed by atoms with Crippen molar-refractivity contribution in [3.8, 4) is 0 Å². The summed E-state index contributed by atoms with van der Waals surface area (Å²) in [5.41, 5.74) is 0.305. The third-order valence-corrected chi connectivity index (χ3v) is 6.65. The molecule has 1 unspecified atom stereocenters. The summed E-state index contributed by atoms with van der Waals surface area (Å²) in [5, 5.41) is 9.34. The van der Waals surface area contributed by atoms with E-state index in [0.717, 1.165) is 25.7 Å². The minimum Gasteiger partial charge on any atom is -0.480 e. The lowest BCUT2D eigenvalue weighted by Crippen LogP contribution is -2.48. The molecule has 0 aliphatic carbocycles. The topological polar surface area (TPSA) is 95.0 Å². The van der Waals surface area contributed by atoms with Gasteiger partial charge in [0.15, 0.2) is 0 Å². The maximum absolute atomic E-state index is 12.8. The fourth-order valence-corrected chi connectivity index (χ4v) is 4.99. The molecule has 1 saturated heterocycles. The molecule has 0 saturated carbocycles. The van der Waals surface area contributed by atoms with Crippen molar-refractivity contribution in [3.05, 3.63) is 29.8 Å². The molecule has 1 amide bonds. The molecule has 27 heavy (non-hydrogen) atoms. The first-order chi connectivity index (χ1) is 12.8. The van der Waals surface area contributed by atoms with Crippen molar-refractivity contribution in [2.75, 3.05) is 19.6 Å². The van der Waals surface area contributed by atoms with Crippen LogP contribution in [0, 0.1) is 0 Å². The number of hydrogen-bond donors (Lipinski definition) is 1. The minimum atomic E-state index is -3.60. The molecule has 150 valence electrons. The van der Waals surface area contributed by atoms with Gasteiger partial charge in [-0.25, -0.2) is 13.2 Å². The second-order valence-electron chi connectivity index (χ2n) is 6.78. The van der Waals surface area contributed by atoms with E-state index < -0.39 is 22.0 Å². The van der Waals surface area contributed by atoms with Crippen LogP contribution in [0.3, 0.4) is 0 Å². The van der Waals surface area contributed by atoms with Gasteiger partial charge in [0.05, 0.1) is 4.90 Å². The standard InChI is InChI=1S/C19H28N2O5S/c1-3-12-20(13-4-2)27(25,26)16-10-8-15(9-11-16)18(22)21-14-6-5-7-17(21)19(23)24/h8-11,17H,3-7,12-14H2,1-2H3,(H,23,24). The summed E-state index contributed by atoms with van der Waals surface area (Å²) in [6.07, 6.45) is 3.44. The predicted octanol–water partition coefficient (Wildman–Crippen LogP) is 2.58. The molecule has 2 rings (SSSR count). The molecule has 1 fully saturated rings. The highest BCUT2D eigenvalue weighted by molar-refractivity contribution is 7.89. The van der Waals surface area contributed by atoms with Gasteiger partial charge < -0.3 is 10.0 Å². The average Bonchev–Trinajstić information content (AvgIpc) is 2.67. The fourth-order valence-electron chi connectivity index (χ4n) is 3.37. The second-order valence-corrected chi connectivity index (χ2v) is 8.71. The smallest absolute Gasteiger partial charge is 0.326 e. The normalized spacial score (nSPS) is 17.9. The van der Waals surface area contributed by atoms with Crippen molar-refractivity contribution in [2.45, 2.75) is 56.9 Å². The van der Waals surface area contributed by atoms with Gasteiger partial charge in [-0.3, -0.25) is 4.79 Å². The van der Waals surface area contributed by atoms with Gasteiger partial charge in [0.1, 0.15) is 6.04 Å². The zero-order valence-corrected chi connectivity index (χ0v) is 16.7. The number of benzene rings is 1. The van der Waals surface area contributed by atoms with Gasteiger partial charge in [-0.1, -0.05) is 13.8 Å². The van der Waals surface area contributed by atoms with Crippen LogP contribution in [0.1, 0.15) is 56.3 Å². The van der Waals surface area contributed by atoms with Crippen molar-refractivity contribution in [1.29, 1.82) is 0 Å². The van der Waals surface area contributed by atoms with Gasteiger partial charge in [0.25, 0.3) is 5.91 Å². The van der Waals surface area contributed by atoms with Crippen molar-refractivity contribution < 1.29 is 23.1 Å². The number of rotatable bonds is 8. The molecule has 1 aromatic rings. The average molecular weight is 397 g/mol. The Bertz CT molecular complexity index is 755. The van der Waals surface area contributed by atoms with E-state index in [-0.39, 0.29) is 10.8 Å². The number of nitrogens with zero attached hydrogens (tertiary/aromatic N) is 2. The number of sulfonamides is 1. The Labute approximate surface area is 161 Å². The molecular weight excluding hydrogens is 368 g/mol. The molecule has 1 aliphatic heterocycles. The number of aliphatic carboxylic acids is 1. The summed E-state index contributed by atoms with van der Waals surface area (Å²) >= 11 is 0. The molecular formula is C19H28N2O5S. The van der Waals surface area contributed by atoms with Gasteiger partial charge in [-0.05, 0) is 56.4 Å². The van der Waals surface area contributed by atoms with E-state index in [9.17, 15) is 23.1 Å². The highest BCUT2D eigenvalue weighted by atomic mass is 32.2. The highest BCUT2D eigenvalue weighted by Crippen LogP contribution is 2.22. The highest BCUT2D eigenvalue weighted by Gasteiger charge is 2.32. The first kappa shape index (κ1) is 21.4. The van der Waals surface area contributed by atoms with Crippen LogP contribution in [-0.2, 0) is 14.8 Å². The number of carboxylic acids is 1. The third kappa shape index (κ3) is 4.87. The Morgan fingerprint density at radius 2 is 1.70 bits per heavy atom. The number of piperidine rings is 1. The van der Waals surface area contributed by atoms with E-state index in [0.29, 0.717) is 31.6 Å². The van der Waals surface area contributed by atoms with E-state index in [4.69, 9.17) is 0 Å². The summed E-state index contributed by atoms with van der Waals surface area (Å²) in [4.78, 5) is 25.6. The molecule has 1 N–H and O–H groups in total. The van der Waals surface area contributed by atoms with E-state index in [1.807, 2.05) is 13.8 Å². The molecule has 0 aromatic heterocycles. The number of amides is 1. The third-order valence-electron chi connectivity index (χ3n) is 4.73. The summed E-state index contributed by atoms with van der Waals surface area (Å²) < 4.78 is 27.0. The Hall–Kier alpha value is -1.93. The van der Waals surface area contributed by atoms with E-state index in [2.05, 4.69) is 0 Å². The summed E-state index contributed by atoms with van der Waals surface area (Å²) in [6.45, 7) is 5.15. The zero-order chi connectivity index (χ0) is 20.0. The summed E-state index contributed by atoms with van der Waals surface area (Å²) in [5.74, 6) is -1.37. The number of carboxylic acid groups (broad SMARTS) is 1. The molecule has 7 nitrogen and oxygen atoms in total. The van der Waals surface area contributed by atoms with E-state index in [1.54, 1.807) is 0 Å². The predicted molar refractivity (Wildman–Crippen MR) is 102 cm³/mol. The SMILES string of the molecule is CCCN(CCC)S(=O)(=O)c1ccc(C(=O)N2CCCCC2C(=O)O)cc1. The monoisotopic (exact) mass is 396 g/mol. The van der Waals surface area contributed by atoms with Gasteiger partial charge in [0, 0.05) is 25.2 Å². The summed E-state index contributed by atoms with van der Waals surface area (Å²) in [7, 11) is -3.60. The van der Waals surface area contributed by atoms with E-state index >= 15 is 0 Å². The Balaban J connectivity index is 2.23.